The van der Waals surface area contributed by atoms with Crippen molar-refractivity contribution in [1.82, 2.24) is 20.1 Å². The molecule has 3 aromatic rings. The van der Waals surface area contributed by atoms with Crippen molar-refractivity contribution in [3.05, 3.63) is 76.4 Å². The van der Waals surface area contributed by atoms with E-state index >= 15 is 0 Å². The number of halogens is 3. The standard InChI is InChI=1S/C28H28F3N5O3/c1-35-14-33-34-26(35)24(17-10-38-11-17)16-3-2-4-18(7-16)36-9-20-19(27(36)37)5-15(6-23(20)28(29,30)31)8-32-25-21-12-39-13-22(21)25/h2-7,14,17,21-22,24-25,32H,8-13H2,1H3/t21?,22?,24-,25?/m0/s1. The fourth-order valence-electron chi connectivity index (χ4n) is 6.35. The number of alkyl halides is 3. The first-order valence-corrected chi connectivity index (χ1v) is 13.2. The molecule has 11 heteroatoms. The Kier molecular flexibility index (Phi) is 5.80. The topological polar surface area (TPSA) is 81.5 Å². The highest BCUT2D eigenvalue weighted by atomic mass is 19.4. The van der Waals surface area contributed by atoms with Crippen molar-refractivity contribution in [2.24, 2.45) is 24.8 Å². The van der Waals surface area contributed by atoms with Gasteiger partial charge in [-0.1, -0.05) is 12.1 Å². The number of nitrogens with one attached hydrogen (secondary N) is 1. The van der Waals surface area contributed by atoms with Crippen molar-refractivity contribution in [3.63, 3.8) is 0 Å². The van der Waals surface area contributed by atoms with E-state index in [4.69, 9.17) is 9.47 Å². The Labute approximate surface area is 223 Å². The number of carbonyl (C=O) groups excluding carboxylic acids is 1. The van der Waals surface area contributed by atoms with Gasteiger partial charge in [-0.25, -0.2) is 0 Å². The molecule has 8 nitrogen and oxygen atoms in total. The van der Waals surface area contributed by atoms with Crippen molar-refractivity contribution in [2.45, 2.75) is 31.2 Å². The lowest BCUT2D eigenvalue weighted by Gasteiger charge is -2.33. The average molecular weight is 540 g/mol. The summed E-state index contributed by atoms with van der Waals surface area (Å²) in [5.41, 5.74) is 1.33. The van der Waals surface area contributed by atoms with E-state index in [1.165, 1.54) is 11.0 Å². The molecule has 204 valence electrons. The summed E-state index contributed by atoms with van der Waals surface area (Å²) in [7, 11) is 1.88. The molecule has 2 aromatic carbocycles. The summed E-state index contributed by atoms with van der Waals surface area (Å²) in [6.45, 7) is 2.69. The zero-order chi connectivity index (χ0) is 26.9. The molecule has 1 N–H and O–H groups in total. The number of aryl methyl sites for hydroxylation is 1. The van der Waals surface area contributed by atoms with E-state index in [2.05, 4.69) is 15.5 Å². The van der Waals surface area contributed by atoms with Gasteiger partial charge in [0.2, 0.25) is 0 Å². The number of rotatable bonds is 7. The van der Waals surface area contributed by atoms with Crippen LogP contribution in [-0.2, 0) is 35.8 Å². The summed E-state index contributed by atoms with van der Waals surface area (Å²) in [6, 6.07) is 10.5. The number of fused-ring (bicyclic) bond motifs is 2. The molecule has 4 heterocycles. The first kappa shape index (κ1) is 24.7. The van der Waals surface area contributed by atoms with Crippen LogP contribution in [0.25, 0.3) is 0 Å². The van der Waals surface area contributed by atoms with E-state index in [1.807, 2.05) is 29.8 Å². The van der Waals surface area contributed by atoms with Gasteiger partial charge in [-0.2, -0.15) is 13.2 Å². The van der Waals surface area contributed by atoms with Crippen molar-refractivity contribution < 1.29 is 27.4 Å². The van der Waals surface area contributed by atoms with E-state index in [9.17, 15) is 18.0 Å². The van der Waals surface area contributed by atoms with Gasteiger partial charge in [-0.3, -0.25) is 4.79 Å². The SMILES string of the molecule is Cn1cnnc1[C@@H](c1cccc(N2Cc3c(cc(CNC4C5COCC54)cc3C(F)(F)F)C2=O)c1)C1COC1. The van der Waals surface area contributed by atoms with Crippen LogP contribution in [0.15, 0.2) is 42.7 Å². The van der Waals surface area contributed by atoms with Crippen LogP contribution in [-0.4, -0.2) is 53.1 Å². The quantitative estimate of drug-likeness (QED) is 0.495. The third kappa shape index (κ3) is 4.23. The first-order valence-electron chi connectivity index (χ1n) is 13.2. The van der Waals surface area contributed by atoms with Crippen molar-refractivity contribution in [2.75, 3.05) is 31.3 Å². The summed E-state index contributed by atoms with van der Waals surface area (Å²) >= 11 is 0. The molecule has 39 heavy (non-hydrogen) atoms. The lowest BCUT2D eigenvalue weighted by atomic mass is 9.83. The van der Waals surface area contributed by atoms with Crippen LogP contribution < -0.4 is 10.2 Å². The molecule has 2 saturated heterocycles. The van der Waals surface area contributed by atoms with Gasteiger partial charge < -0.3 is 24.3 Å². The van der Waals surface area contributed by atoms with Crippen molar-refractivity contribution >= 4 is 11.6 Å². The Morgan fingerprint density at radius 3 is 2.54 bits per heavy atom. The van der Waals surface area contributed by atoms with Gasteiger partial charge in [0.1, 0.15) is 12.2 Å². The molecule has 0 spiro atoms. The number of hydrogen-bond donors (Lipinski definition) is 1. The largest absolute Gasteiger partial charge is 0.416 e. The van der Waals surface area contributed by atoms with E-state index in [-0.39, 0.29) is 42.1 Å². The second-order valence-electron chi connectivity index (χ2n) is 11.0. The third-order valence-electron chi connectivity index (χ3n) is 8.60. The Morgan fingerprint density at radius 2 is 1.87 bits per heavy atom. The molecule has 0 radical (unpaired) electrons. The lowest BCUT2D eigenvalue weighted by molar-refractivity contribution is -0.138. The Bertz CT molecular complexity index is 1430. The number of anilines is 1. The predicted molar refractivity (Wildman–Crippen MR) is 134 cm³/mol. The van der Waals surface area contributed by atoms with E-state index in [0.717, 1.165) is 11.4 Å². The van der Waals surface area contributed by atoms with Gasteiger partial charge in [0, 0.05) is 48.6 Å². The zero-order valence-electron chi connectivity index (χ0n) is 21.3. The first-order chi connectivity index (χ1) is 18.8. The molecule has 1 aromatic heterocycles. The van der Waals surface area contributed by atoms with E-state index in [1.54, 1.807) is 18.5 Å². The summed E-state index contributed by atoms with van der Waals surface area (Å²) < 4.78 is 55.3. The number of aromatic nitrogens is 3. The summed E-state index contributed by atoms with van der Waals surface area (Å²) in [5, 5.41) is 11.7. The minimum Gasteiger partial charge on any atom is -0.381 e. The van der Waals surface area contributed by atoms with Crippen LogP contribution >= 0.6 is 0 Å². The molecule has 1 saturated carbocycles. The zero-order valence-corrected chi connectivity index (χ0v) is 21.3. The van der Waals surface area contributed by atoms with Crippen molar-refractivity contribution in [1.29, 1.82) is 0 Å². The van der Waals surface area contributed by atoms with Crippen LogP contribution in [0.4, 0.5) is 18.9 Å². The van der Waals surface area contributed by atoms with Crippen molar-refractivity contribution in [3.8, 4) is 0 Å². The highest BCUT2D eigenvalue weighted by molar-refractivity contribution is 6.10. The van der Waals surface area contributed by atoms with E-state index < -0.39 is 17.6 Å². The number of carbonyl (C=O) groups is 1. The molecular formula is C28H28F3N5O3. The summed E-state index contributed by atoms with van der Waals surface area (Å²) in [4.78, 5) is 15.0. The number of benzene rings is 2. The Balaban J connectivity index is 1.19. The van der Waals surface area contributed by atoms with Crippen LogP contribution in [0.3, 0.4) is 0 Å². The van der Waals surface area contributed by atoms with Gasteiger partial charge in [0.05, 0.1) is 44.5 Å². The second kappa shape index (κ2) is 9.14. The molecular weight excluding hydrogens is 511 g/mol. The van der Waals surface area contributed by atoms with Gasteiger partial charge in [-0.15, -0.1) is 10.2 Å². The molecule has 1 amide bonds. The Morgan fingerprint density at radius 1 is 1.10 bits per heavy atom. The monoisotopic (exact) mass is 539 g/mol. The fourth-order valence-corrected chi connectivity index (χ4v) is 6.35. The normalized spacial score (nSPS) is 25.0. The average Bonchev–Trinajstić information content (AvgIpc) is 3.26. The highest BCUT2D eigenvalue weighted by Gasteiger charge is 2.53. The number of ether oxygens (including phenoxy) is 2. The number of nitrogens with zero attached hydrogens (tertiary/aromatic N) is 4. The smallest absolute Gasteiger partial charge is 0.381 e. The molecule has 2 unspecified atom stereocenters. The minimum absolute atomic E-state index is 0.0237. The maximum atomic E-state index is 14.2. The minimum atomic E-state index is -4.57. The maximum absolute atomic E-state index is 14.2. The van der Waals surface area contributed by atoms with Gasteiger partial charge in [0.25, 0.3) is 5.91 Å². The van der Waals surface area contributed by atoms with Crippen LogP contribution in [0.5, 0.6) is 0 Å². The van der Waals surface area contributed by atoms with E-state index in [0.29, 0.717) is 49.5 Å². The Hall–Kier alpha value is -3.28. The molecule has 0 bridgehead atoms. The molecule has 4 aliphatic rings. The predicted octanol–water partition coefficient (Wildman–Crippen LogP) is 3.51. The number of amides is 1. The van der Waals surface area contributed by atoms with Gasteiger partial charge >= 0.3 is 6.18 Å². The molecule has 7 rings (SSSR count). The molecule has 1 aliphatic carbocycles. The fraction of sp³-hybridized carbons (Fsp3) is 0.464. The van der Waals surface area contributed by atoms with Crippen LogP contribution in [0.1, 0.15) is 44.4 Å². The second-order valence-corrected chi connectivity index (χ2v) is 11.0. The third-order valence-corrected chi connectivity index (χ3v) is 8.60. The number of hydrogen-bond acceptors (Lipinski definition) is 6. The van der Waals surface area contributed by atoms with Gasteiger partial charge in [-0.05, 0) is 41.0 Å². The highest BCUT2D eigenvalue weighted by Crippen LogP contribution is 2.45. The summed E-state index contributed by atoms with van der Waals surface area (Å²) in [6.07, 6.45) is -2.93. The maximum Gasteiger partial charge on any atom is 0.416 e. The van der Waals surface area contributed by atoms with Gasteiger partial charge in [0.15, 0.2) is 0 Å². The molecule has 3 atom stereocenters. The molecule has 3 aliphatic heterocycles. The summed E-state index contributed by atoms with van der Waals surface area (Å²) in [5.74, 6) is 1.30. The lowest BCUT2D eigenvalue weighted by Crippen LogP contribution is -2.35. The van der Waals surface area contributed by atoms with Crippen LogP contribution in [0, 0.1) is 17.8 Å². The molecule has 3 fully saturated rings. The van der Waals surface area contributed by atoms with Crippen LogP contribution in [0.2, 0.25) is 0 Å².